The van der Waals surface area contributed by atoms with Crippen LogP contribution in [-0.2, 0) is 9.53 Å². The number of carbonyl (C=O) groups excluding carboxylic acids is 1. The monoisotopic (exact) mass is 250 g/mol. The number of hydrogen-bond donors (Lipinski definition) is 0. The molecule has 90 valence electrons. The molecule has 2 rings (SSSR count). The Hall–Kier alpha value is -1.75. The summed E-state index contributed by atoms with van der Waals surface area (Å²) in [6, 6.07) is 3.99. The first kappa shape index (κ1) is 13.3. The molecule has 0 radical (unpaired) electrons. The molecule has 0 aromatic carbocycles. The van der Waals surface area contributed by atoms with Gasteiger partial charge in [-0.2, -0.15) is 0 Å². The first-order valence-corrected chi connectivity index (χ1v) is 6.03. The molecule has 17 heavy (non-hydrogen) atoms. The van der Waals surface area contributed by atoms with Gasteiger partial charge in [0.05, 0.1) is 22.7 Å². The molecule has 2 aromatic heterocycles. The van der Waals surface area contributed by atoms with Crippen molar-refractivity contribution in [1.29, 1.82) is 0 Å². The van der Waals surface area contributed by atoms with E-state index in [0.717, 1.165) is 11.3 Å². The Morgan fingerprint density at radius 3 is 2.76 bits per heavy atom. The van der Waals surface area contributed by atoms with Gasteiger partial charge >= 0.3 is 0 Å². The van der Waals surface area contributed by atoms with Crippen LogP contribution < -0.4 is 0 Å². The lowest BCUT2D eigenvalue weighted by Crippen LogP contribution is -1.80. The van der Waals surface area contributed by atoms with Gasteiger partial charge in [0.15, 0.2) is 0 Å². The van der Waals surface area contributed by atoms with Crippen LogP contribution >= 0.6 is 11.3 Å². The van der Waals surface area contributed by atoms with E-state index in [1.54, 1.807) is 24.5 Å². The molecule has 0 amide bonds. The number of nitrogens with zero attached hydrogens (tertiary/aromatic N) is 2. The Morgan fingerprint density at radius 1 is 1.53 bits per heavy atom. The van der Waals surface area contributed by atoms with Crippen LogP contribution in [0.2, 0.25) is 0 Å². The summed E-state index contributed by atoms with van der Waals surface area (Å²) in [6.45, 7) is 4.68. The minimum atomic E-state index is 0.431. The van der Waals surface area contributed by atoms with E-state index in [2.05, 4.69) is 14.7 Å². The second-order valence-corrected chi connectivity index (χ2v) is 3.91. The van der Waals surface area contributed by atoms with Crippen molar-refractivity contribution in [2.45, 2.75) is 13.8 Å². The van der Waals surface area contributed by atoms with Crippen LogP contribution in [0, 0.1) is 6.92 Å². The van der Waals surface area contributed by atoms with E-state index >= 15 is 0 Å². The van der Waals surface area contributed by atoms with E-state index < -0.39 is 0 Å². The molecule has 5 heteroatoms. The zero-order valence-corrected chi connectivity index (χ0v) is 10.6. The molecule has 0 saturated carbocycles. The fourth-order valence-electron chi connectivity index (χ4n) is 1.14. The summed E-state index contributed by atoms with van der Waals surface area (Å²) in [6.07, 6.45) is 3.64. The fourth-order valence-corrected chi connectivity index (χ4v) is 1.94. The van der Waals surface area contributed by atoms with Crippen molar-refractivity contribution in [3.05, 3.63) is 35.7 Å². The lowest BCUT2D eigenvalue weighted by molar-refractivity contribution is -0.128. The summed E-state index contributed by atoms with van der Waals surface area (Å²) in [7, 11) is 0. The molecular weight excluding hydrogens is 236 g/mol. The average molecular weight is 250 g/mol. The Morgan fingerprint density at radius 2 is 2.35 bits per heavy atom. The number of aromatic nitrogens is 2. The highest BCUT2D eigenvalue weighted by atomic mass is 32.1. The standard InChI is InChI=1S/C9H8N2S.C3H6O2/c1-7-9(12-6-11-7)8-3-2-4-10-5-8;1-2-5-3-4/h2-6H,1H3;3H,2H2,1H3. The second-order valence-electron chi connectivity index (χ2n) is 3.06. The number of hydrogen-bond acceptors (Lipinski definition) is 5. The van der Waals surface area contributed by atoms with Crippen LogP contribution in [0.25, 0.3) is 10.4 Å². The molecule has 0 aliphatic rings. The van der Waals surface area contributed by atoms with E-state index in [1.807, 2.05) is 30.8 Å². The summed E-state index contributed by atoms with van der Waals surface area (Å²) in [5.41, 5.74) is 4.09. The minimum Gasteiger partial charge on any atom is -0.468 e. The number of carbonyl (C=O) groups is 1. The fraction of sp³-hybridized carbons (Fsp3) is 0.250. The minimum absolute atomic E-state index is 0.431. The van der Waals surface area contributed by atoms with E-state index in [9.17, 15) is 4.79 Å². The van der Waals surface area contributed by atoms with Crippen LogP contribution in [0.3, 0.4) is 0 Å². The van der Waals surface area contributed by atoms with Crippen molar-refractivity contribution in [2.24, 2.45) is 0 Å². The van der Waals surface area contributed by atoms with Crippen molar-refractivity contribution in [3.8, 4) is 10.4 Å². The Bertz CT molecular complexity index is 443. The molecule has 0 atom stereocenters. The zero-order valence-electron chi connectivity index (χ0n) is 9.79. The van der Waals surface area contributed by atoms with Crippen LogP contribution in [0.1, 0.15) is 12.6 Å². The number of aryl methyl sites for hydroxylation is 1. The number of rotatable bonds is 3. The third-order valence-electron chi connectivity index (χ3n) is 1.90. The maximum absolute atomic E-state index is 9.18. The van der Waals surface area contributed by atoms with E-state index in [1.165, 1.54) is 4.88 Å². The van der Waals surface area contributed by atoms with Gasteiger partial charge < -0.3 is 4.74 Å². The van der Waals surface area contributed by atoms with Crippen LogP contribution in [0.5, 0.6) is 0 Å². The SMILES string of the molecule is CCOC=O.Cc1ncsc1-c1cccnc1. The molecular formula is C12H14N2O2S. The second kappa shape index (κ2) is 7.51. The highest BCUT2D eigenvalue weighted by molar-refractivity contribution is 7.13. The molecule has 0 spiro atoms. The third-order valence-corrected chi connectivity index (χ3v) is 2.88. The van der Waals surface area contributed by atoms with Crippen molar-refractivity contribution < 1.29 is 9.53 Å². The van der Waals surface area contributed by atoms with Gasteiger partial charge in [-0.25, -0.2) is 4.98 Å². The average Bonchev–Trinajstić information content (AvgIpc) is 2.78. The quantitative estimate of drug-likeness (QED) is 0.786. The van der Waals surface area contributed by atoms with Crippen molar-refractivity contribution >= 4 is 17.8 Å². The third kappa shape index (κ3) is 4.32. The Kier molecular flexibility index (Phi) is 5.88. The summed E-state index contributed by atoms with van der Waals surface area (Å²) in [5, 5.41) is 0. The lowest BCUT2D eigenvalue weighted by Gasteiger charge is -1.95. The number of ether oxygens (including phenoxy) is 1. The first-order chi connectivity index (χ1) is 8.29. The summed E-state index contributed by atoms with van der Waals surface area (Å²) >= 11 is 1.65. The number of thiazole rings is 1. The number of pyridine rings is 1. The maximum Gasteiger partial charge on any atom is 0.293 e. The van der Waals surface area contributed by atoms with Crippen LogP contribution in [0.4, 0.5) is 0 Å². The van der Waals surface area contributed by atoms with Gasteiger partial charge in [-0.1, -0.05) is 6.07 Å². The topological polar surface area (TPSA) is 52.1 Å². The lowest BCUT2D eigenvalue weighted by atomic mass is 10.2. The van der Waals surface area contributed by atoms with Crippen LogP contribution in [-0.4, -0.2) is 23.0 Å². The highest BCUT2D eigenvalue weighted by Crippen LogP contribution is 2.25. The molecule has 0 N–H and O–H groups in total. The van der Waals surface area contributed by atoms with Gasteiger partial charge in [0.25, 0.3) is 6.47 Å². The molecule has 2 heterocycles. The normalized spacial score (nSPS) is 9.06. The smallest absolute Gasteiger partial charge is 0.293 e. The van der Waals surface area contributed by atoms with Gasteiger partial charge in [0.2, 0.25) is 0 Å². The maximum atomic E-state index is 9.18. The van der Waals surface area contributed by atoms with Gasteiger partial charge in [-0.3, -0.25) is 9.78 Å². The van der Waals surface area contributed by atoms with Crippen molar-refractivity contribution in [1.82, 2.24) is 9.97 Å². The summed E-state index contributed by atoms with van der Waals surface area (Å²) < 4.78 is 4.15. The van der Waals surface area contributed by atoms with E-state index in [-0.39, 0.29) is 0 Å². The highest BCUT2D eigenvalue weighted by Gasteiger charge is 2.02. The van der Waals surface area contributed by atoms with Gasteiger partial charge in [-0.05, 0) is 19.9 Å². The first-order valence-electron chi connectivity index (χ1n) is 5.15. The Balaban J connectivity index is 0.000000249. The molecule has 0 aliphatic heterocycles. The molecule has 0 unspecified atom stereocenters. The van der Waals surface area contributed by atoms with Crippen LogP contribution in [0.15, 0.2) is 30.0 Å². The largest absolute Gasteiger partial charge is 0.468 e. The van der Waals surface area contributed by atoms with Crippen molar-refractivity contribution in [3.63, 3.8) is 0 Å². The van der Waals surface area contributed by atoms with Crippen molar-refractivity contribution in [2.75, 3.05) is 6.61 Å². The molecule has 2 aromatic rings. The predicted molar refractivity (Wildman–Crippen MR) is 67.8 cm³/mol. The molecule has 4 nitrogen and oxygen atoms in total. The zero-order chi connectivity index (χ0) is 12.5. The molecule has 0 saturated heterocycles. The predicted octanol–water partition coefficient (Wildman–Crippen LogP) is 2.69. The van der Waals surface area contributed by atoms with Gasteiger partial charge in [-0.15, -0.1) is 11.3 Å². The van der Waals surface area contributed by atoms with E-state index in [4.69, 9.17) is 0 Å². The summed E-state index contributed by atoms with van der Waals surface area (Å²) in [4.78, 5) is 18.6. The molecule has 0 fully saturated rings. The van der Waals surface area contributed by atoms with Gasteiger partial charge in [0, 0.05) is 18.0 Å². The molecule has 0 bridgehead atoms. The molecule has 0 aliphatic carbocycles. The van der Waals surface area contributed by atoms with Gasteiger partial charge in [0.1, 0.15) is 0 Å². The Labute approximate surface area is 104 Å². The summed E-state index contributed by atoms with van der Waals surface area (Å²) in [5.74, 6) is 0. The van der Waals surface area contributed by atoms with E-state index in [0.29, 0.717) is 13.1 Å².